The molecule has 0 spiro atoms. The summed E-state index contributed by atoms with van der Waals surface area (Å²) in [5, 5.41) is 16.3. The Bertz CT molecular complexity index is 431. The fourth-order valence-electron chi connectivity index (χ4n) is 1.56. The molecular formula is C11H18BrN3O2. The van der Waals surface area contributed by atoms with Crippen LogP contribution in [-0.4, -0.2) is 33.4 Å². The number of nitrogens with zero attached hydrogens (tertiary/aromatic N) is 2. The normalized spacial score (nSPS) is 14.6. The van der Waals surface area contributed by atoms with Crippen LogP contribution in [0.2, 0.25) is 0 Å². The summed E-state index contributed by atoms with van der Waals surface area (Å²) in [4.78, 5) is 11.1. The van der Waals surface area contributed by atoms with E-state index in [-0.39, 0.29) is 0 Å². The number of nitrogens with one attached hydrogen (secondary N) is 1. The molecule has 1 heterocycles. The number of halogens is 1. The van der Waals surface area contributed by atoms with Gasteiger partial charge < -0.3 is 10.4 Å². The van der Waals surface area contributed by atoms with Crippen LogP contribution in [-0.2, 0) is 11.3 Å². The van der Waals surface area contributed by atoms with E-state index in [2.05, 4.69) is 26.3 Å². The van der Waals surface area contributed by atoms with E-state index in [9.17, 15) is 4.79 Å². The molecule has 0 aliphatic carbocycles. The molecule has 96 valence electrons. The van der Waals surface area contributed by atoms with E-state index in [4.69, 9.17) is 5.11 Å². The highest BCUT2D eigenvalue weighted by molar-refractivity contribution is 9.10. The van der Waals surface area contributed by atoms with E-state index in [0.717, 1.165) is 15.9 Å². The molecule has 1 aromatic rings. The molecule has 1 unspecified atom stereocenters. The average Bonchev–Trinajstić information content (AvgIpc) is 2.53. The lowest BCUT2D eigenvalue weighted by atomic mass is 9.98. The number of hydrogen-bond acceptors (Lipinski definition) is 3. The van der Waals surface area contributed by atoms with E-state index in [1.807, 2.05) is 18.5 Å². The van der Waals surface area contributed by atoms with Gasteiger partial charge in [-0.15, -0.1) is 0 Å². The third-order valence-corrected chi connectivity index (χ3v) is 4.29. The molecule has 6 heteroatoms. The van der Waals surface area contributed by atoms with E-state index in [1.54, 1.807) is 14.0 Å². The molecule has 0 fully saturated rings. The van der Waals surface area contributed by atoms with Crippen LogP contribution in [0, 0.1) is 13.8 Å². The standard InChI is InChI=1S/C11H18BrN3O2/c1-7-9(12)8(2)15(14-7)6-5-11(3,13-4)10(16)17/h13H,5-6H2,1-4H3,(H,16,17). The molecule has 1 aromatic heterocycles. The predicted molar refractivity (Wildman–Crippen MR) is 69.1 cm³/mol. The van der Waals surface area contributed by atoms with Crippen LogP contribution in [0.1, 0.15) is 24.7 Å². The molecular weight excluding hydrogens is 286 g/mol. The van der Waals surface area contributed by atoms with Gasteiger partial charge in [0, 0.05) is 12.2 Å². The SMILES string of the molecule is CNC(C)(CCn1nc(C)c(Br)c1C)C(=O)O. The second kappa shape index (κ2) is 5.18. The lowest BCUT2D eigenvalue weighted by Gasteiger charge is -2.24. The number of carboxylic acid groups (broad SMARTS) is 1. The van der Waals surface area contributed by atoms with Gasteiger partial charge in [-0.2, -0.15) is 5.10 Å². The van der Waals surface area contributed by atoms with Crippen LogP contribution in [0.4, 0.5) is 0 Å². The van der Waals surface area contributed by atoms with Crippen LogP contribution >= 0.6 is 15.9 Å². The molecule has 0 aliphatic heterocycles. The van der Waals surface area contributed by atoms with Crippen molar-refractivity contribution < 1.29 is 9.90 Å². The van der Waals surface area contributed by atoms with Crippen LogP contribution in [0.25, 0.3) is 0 Å². The molecule has 0 bridgehead atoms. The fraction of sp³-hybridized carbons (Fsp3) is 0.636. The number of likely N-dealkylation sites (N-methyl/N-ethyl adjacent to an activating group) is 1. The van der Waals surface area contributed by atoms with Gasteiger partial charge in [0.25, 0.3) is 0 Å². The van der Waals surface area contributed by atoms with Gasteiger partial charge in [-0.3, -0.25) is 9.48 Å². The first-order valence-corrected chi connectivity index (χ1v) is 6.23. The van der Waals surface area contributed by atoms with Crippen molar-refractivity contribution in [1.29, 1.82) is 0 Å². The quantitative estimate of drug-likeness (QED) is 0.869. The van der Waals surface area contributed by atoms with E-state index < -0.39 is 11.5 Å². The Morgan fingerprint density at radius 2 is 2.18 bits per heavy atom. The summed E-state index contributed by atoms with van der Waals surface area (Å²) in [7, 11) is 1.66. The first-order chi connectivity index (χ1) is 7.81. The Morgan fingerprint density at radius 1 is 1.59 bits per heavy atom. The lowest BCUT2D eigenvalue weighted by molar-refractivity contribution is -0.144. The monoisotopic (exact) mass is 303 g/mol. The Labute approximate surface area is 109 Å². The number of rotatable bonds is 5. The Balaban J connectivity index is 2.80. The molecule has 17 heavy (non-hydrogen) atoms. The van der Waals surface area contributed by atoms with Crippen molar-refractivity contribution in [1.82, 2.24) is 15.1 Å². The molecule has 5 nitrogen and oxygen atoms in total. The number of aryl methyl sites for hydroxylation is 2. The summed E-state index contributed by atoms with van der Waals surface area (Å²) in [5.74, 6) is -0.847. The highest BCUT2D eigenvalue weighted by Crippen LogP contribution is 2.21. The Kier molecular flexibility index (Phi) is 4.32. The highest BCUT2D eigenvalue weighted by Gasteiger charge is 2.31. The number of aliphatic carboxylic acids is 1. The molecule has 0 aromatic carbocycles. The van der Waals surface area contributed by atoms with Gasteiger partial charge >= 0.3 is 5.97 Å². The zero-order valence-corrected chi connectivity index (χ0v) is 12.1. The summed E-state index contributed by atoms with van der Waals surface area (Å²) in [5.41, 5.74) is 1.02. The smallest absolute Gasteiger partial charge is 0.323 e. The highest BCUT2D eigenvalue weighted by atomic mass is 79.9. The van der Waals surface area contributed by atoms with Crippen LogP contribution in [0.3, 0.4) is 0 Å². The Hall–Kier alpha value is -0.880. The van der Waals surface area contributed by atoms with Crippen LogP contribution in [0.5, 0.6) is 0 Å². The van der Waals surface area contributed by atoms with Gasteiger partial charge in [0.15, 0.2) is 0 Å². The minimum atomic E-state index is -0.918. The third-order valence-electron chi connectivity index (χ3n) is 3.14. The van der Waals surface area contributed by atoms with Crippen molar-refractivity contribution in [3.63, 3.8) is 0 Å². The number of carbonyl (C=O) groups is 1. The molecule has 0 saturated heterocycles. The molecule has 0 aliphatic rings. The summed E-state index contributed by atoms with van der Waals surface area (Å²) < 4.78 is 2.82. The minimum absolute atomic E-state index is 0.479. The van der Waals surface area contributed by atoms with Gasteiger partial charge in [-0.1, -0.05) is 0 Å². The van der Waals surface area contributed by atoms with Crippen molar-refractivity contribution >= 4 is 21.9 Å². The zero-order valence-electron chi connectivity index (χ0n) is 10.5. The minimum Gasteiger partial charge on any atom is -0.480 e. The number of aromatic nitrogens is 2. The molecule has 0 radical (unpaired) electrons. The van der Waals surface area contributed by atoms with E-state index >= 15 is 0 Å². The van der Waals surface area contributed by atoms with Crippen LogP contribution < -0.4 is 5.32 Å². The lowest BCUT2D eigenvalue weighted by Crippen LogP contribution is -2.48. The maximum absolute atomic E-state index is 11.1. The van der Waals surface area contributed by atoms with Gasteiger partial charge in [0.05, 0.1) is 10.2 Å². The molecule has 2 N–H and O–H groups in total. The second-order valence-electron chi connectivity index (χ2n) is 4.35. The number of hydrogen-bond donors (Lipinski definition) is 2. The summed E-state index contributed by atoms with van der Waals surface area (Å²) in [6, 6.07) is 0. The summed E-state index contributed by atoms with van der Waals surface area (Å²) in [6.07, 6.45) is 0.479. The van der Waals surface area contributed by atoms with Crippen molar-refractivity contribution in [2.75, 3.05) is 7.05 Å². The molecule has 1 rings (SSSR count). The largest absolute Gasteiger partial charge is 0.480 e. The van der Waals surface area contributed by atoms with Gasteiger partial charge in [0.1, 0.15) is 5.54 Å². The van der Waals surface area contributed by atoms with Crippen molar-refractivity contribution in [2.45, 2.75) is 39.3 Å². The first kappa shape index (κ1) is 14.2. The van der Waals surface area contributed by atoms with Crippen molar-refractivity contribution in [3.8, 4) is 0 Å². The maximum Gasteiger partial charge on any atom is 0.323 e. The third kappa shape index (κ3) is 2.87. The number of carboxylic acids is 1. The fourth-order valence-corrected chi connectivity index (χ4v) is 1.85. The van der Waals surface area contributed by atoms with Crippen LogP contribution in [0.15, 0.2) is 4.47 Å². The predicted octanol–water partition coefficient (Wildman–Crippen LogP) is 1.72. The van der Waals surface area contributed by atoms with Crippen molar-refractivity contribution in [3.05, 3.63) is 15.9 Å². The summed E-state index contributed by atoms with van der Waals surface area (Å²) in [6.45, 7) is 6.13. The van der Waals surface area contributed by atoms with Gasteiger partial charge in [-0.25, -0.2) is 0 Å². The molecule has 0 saturated carbocycles. The molecule has 0 amide bonds. The average molecular weight is 304 g/mol. The first-order valence-electron chi connectivity index (χ1n) is 5.43. The topological polar surface area (TPSA) is 67.2 Å². The zero-order chi connectivity index (χ0) is 13.2. The summed E-state index contributed by atoms with van der Waals surface area (Å²) >= 11 is 3.45. The van der Waals surface area contributed by atoms with Crippen molar-refractivity contribution in [2.24, 2.45) is 0 Å². The van der Waals surface area contributed by atoms with E-state index in [0.29, 0.717) is 13.0 Å². The second-order valence-corrected chi connectivity index (χ2v) is 5.14. The van der Waals surface area contributed by atoms with E-state index in [1.165, 1.54) is 0 Å². The van der Waals surface area contributed by atoms with Gasteiger partial charge in [0.2, 0.25) is 0 Å². The molecule has 1 atom stereocenters. The Morgan fingerprint density at radius 3 is 2.53 bits per heavy atom. The maximum atomic E-state index is 11.1. The van der Waals surface area contributed by atoms with Gasteiger partial charge in [-0.05, 0) is 50.2 Å².